The quantitative estimate of drug-likeness (QED) is 0.199. The number of esters is 1. The van der Waals surface area contributed by atoms with Gasteiger partial charge >= 0.3 is 5.97 Å². The van der Waals surface area contributed by atoms with Gasteiger partial charge in [-0.1, -0.05) is 48.6 Å². The minimum absolute atomic E-state index is 0.00834. The van der Waals surface area contributed by atoms with Crippen LogP contribution in [0.3, 0.4) is 0 Å². The number of carbonyl (C=O) groups excluding carboxylic acids is 1. The molecule has 1 atom stereocenters. The third-order valence-electron chi connectivity index (χ3n) is 4.69. The minimum atomic E-state index is -3.81. The molecular formula is C23H24O6S. The molecule has 0 spiro atoms. The predicted molar refractivity (Wildman–Crippen MR) is 113 cm³/mol. The summed E-state index contributed by atoms with van der Waals surface area (Å²) in [5.41, 5.74) is 1.00. The second-order valence-electron chi connectivity index (χ2n) is 6.74. The van der Waals surface area contributed by atoms with Crippen LogP contribution in [0.25, 0.3) is 0 Å². The lowest BCUT2D eigenvalue weighted by Crippen LogP contribution is -2.26. The van der Waals surface area contributed by atoms with Gasteiger partial charge in [0.05, 0.1) is 11.5 Å². The fourth-order valence-corrected chi connectivity index (χ4v) is 5.22. The summed E-state index contributed by atoms with van der Waals surface area (Å²) >= 11 is 0. The van der Waals surface area contributed by atoms with Crippen molar-refractivity contribution in [2.75, 3.05) is 20.0 Å². The lowest BCUT2D eigenvalue weighted by atomic mass is 10.1. The molecule has 1 aliphatic rings. The number of para-hydroxylation sites is 1. The predicted octanol–water partition coefficient (Wildman–Crippen LogP) is 3.70. The van der Waals surface area contributed by atoms with Crippen molar-refractivity contribution >= 4 is 15.8 Å². The normalized spacial score (nSPS) is 16.7. The molecule has 6 nitrogen and oxygen atoms in total. The molecule has 3 rings (SSSR count). The van der Waals surface area contributed by atoms with Crippen LogP contribution in [0, 0.1) is 0 Å². The van der Waals surface area contributed by atoms with E-state index < -0.39 is 21.1 Å². The van der Waals surface area contributed by atoms with E-state index in [1.807, 2.05) is 13.0 Å². The van der Waals surface area contributed by atoms with Gasteiger partial charge in [0.2, 0.25) is 0 Å². The van der Waals surface area contributed by atoms with Crippen molar-refractivity contribution in [2.45, 2.75) is 23.5 Å². The van der Waals surface area contributed by atoms with Crippen molar-refractivity contribution in [1.29, 1.82) is 0 Å². The maximum Gasteiger partial charge on any atom is 0.339 e. The first kappa shape index (κ1) is 22.0. The Labute approximate surface area is 176 Å². The Balaban J connectivity index is 1.96. The van der Waals surface area contributed by atoms with Crippen LogP contribution in [0.5, 0.6) is 5.75 Å². The Kier molecular flexibility index (Phi) is 7.20. The van der Waals surface area contributed by atoms with Crippen LogP contribution in [0.1, 0.15) is 13.3 Å². The van der Waals surface area contributed by atoms with Gasteiger partial charge < -0.3 is 14.2 Å². The van der Waals surface area contributed by atoms with Crippen LogP contribution in [0.4, 0.5) is 0 Å². The molecule has 0 N–H and O–H groups in total. The van der Waals surface area contributed by atoms with Gasteiger partial charge in [-0.05, 0) is 36.8 Å². The lowest BCUT2D eigenvalue weighted by Gasteiger charge is -2.18. The maximum atomic E-state index is 13.3. The average molecular weight is 429 g/mol. The molecule has 0 saturated carbocycles. The van der Waals surface area contributed by atoms with E-state index in [1.54, 1.807) is 42.5 Å². The molecule has 0 aliphatic heterocycles. The number of carbonyl (C=O) groups is 1. The van der Waals surface area contributed by atoms with Crippen molar-refractivity contribution in [3.8, 4) is 5.75 Å². The van der Waals surface area contributed by atoms with E-state index in [0.29, 0.717) is 23.5 Å². The Morgan fingerprint density at radius 2 is 1.67 bits per heavy atom. The molecule has 0 bridgehead atoms. The topological polar surface area (TPSA) is 78.9 Å². The number of rotatable bonds is 9. The highest BCUT2D eigenvalue weighted by atomic mass is 32.2. The molecule has 2 aromatic carbocycles. The van der Waals surface area contributed by atoms with Gasteiger partial charge in [-0.2, -0.15) is 0 Å². The molecule has 30 heavy (non-hydrogen) atoms. The van der Waals surface area contributed by atoms with Crippen molar-refractivity contribution < 1.29 is 27.4 Å². The molecular weight excluding hydrogens is 404 g/mol. The van der Waals surface area contributed by atoms with E-state index in [4.69, 9.17) is 14.2 Å². The third kappa shape index (κ3) is 4.87. The van der Waals surface area contributed by atoms with Crippen LogP contribution in [-0.2, 0) is 24.1 Å². The van der Waals surface area contributed by atoms with Crippen LogP contribution in [-0.4, -0.2) is 39.6 Å². The fraction of sp³-hybridized carbons (Fsp3) is 0.261. The van der Waals surface area contributed by atoms with Crippen molar-refractivity contribution in [3.05, 3.63) is 84.0 Å². The Morgan fingerprint density at radius 3 is 2.30 bits per heavy atom. The first-order chi connectivity index (χ1) is 14.4. The van der Waals surface area contributed by atoms with Crippen LogP contribution in [0.15, 0.2) is 88.9 Å². The smallest absolute Gasteiger partial charge is 0.339 e. The van der Waals surface area contributed by atoms with E-state index in [-0.39, 0.29) is 30.3 Å². The molecule has 0 radical (unpaired) electrons. The summed E-state index contributed by atoms with van der Waals surface area (Å²) in [6.45, 7) is 6.15. The van der Waals surface area contributed by atoms with Gasteiger partial charge in [-0.25, -0.2) is 13.2 Å². The van der Waals surface area contributed by atoms with Gasteiger partial charge in [0, 0.05) is 18.6 Å². The van der Waals surface area contributed by atoms with E-state index in [9.17, 15) is 13.2 Å². The first-order valence-electron chi connectivity index (χ1n) is 9.56. The van der Waals surface area contributed by atoms with Crippen molar-refractivity contribution in [2.24, 2.45) is 0 Å². The first-order valence-corrected chi connectivity index (χ1v) is 11.1. The van der Waals surface area contributed by atoms with Gasteiger partial charge in [-0.3, -0.25) is 0 Å². The summed E-state index contributed by atoms with van der Waals surface area (Å²) in [6, 6.07) is 16.7. The van der Waals surface area contributed by atoms with E-state index >= 15 is 0 Å². The van der Waals surface area contributed by atoms with Crippen molar-refractivity contribution in [3.63, 3.8) is 0 Å². The summed E-state index contributed by atoms with van der Waals surface area (Å²) in [7, 11) is -3.81. The highest BCUT2D eigenvalue weighted by Gasteiger charge is 2.41. The monoisotopic (exact) mass is 428 g/mol. The van der Waals surface area contributed by atoms with Crippen LogP contribution >= 0.6 is 0 Å². The number of ether oxygens (including phenoxy) is 3. The molecule has 1 aliphatic carbocycles. The number of hydrogen-bond donors (Lipinski definition) is 0. The SMILES string of the molecule is C=C1CC(C(=O)Oc2ccccc2)=C(COCOCC)C1S(=O)(=O)c1ccccc1. The summed E-state index contributed by atoms with van der Waals surface area (Å²) < 4.78 is 42.8. The highest BCUT2D eigenvalue weighted by molar-refractivity contribution is 7.92. The van der Waals surface area contributed by atoms with E-state index in [0.717, 1.165) is 0 Å². The average Bonchev–Trinajstić information content (AvgIpc) is 3.09. The zero-order valence-electron chi connectivity index (χ0n) is 16.7. The second kappa shape index (κ2) is 9.84. The molecule has 0 fully saturated rings. The highest BCUT2D eigenvalue weighted by Crippen LogP contribution is 2.38. The van der Waals surface area contributed by atoms with Gasteiger partial charge in [0.15, 0.2) is 9.84 Å². The Hall–Kier alpha value is -2.74. The largest absolute Gasteiger partial charge is 0.423 e. The molecule has 0 heterocycles. The minimum Gasteiger partial charge on any atom is -0.423 e. The van der Waals surface area contributed by atoms with Gasteiger partial charge in [0.1, 0.15) is 17.8 Å². The summed E-state index contributed by atoms with van der Waals surface area (Å²) in [4.78, 5) is 13.0. The Bertz CT molecular complexity index is 1030. The third-order valence-corrected chi connectivity index (χ3v) is 6.86. The van der Waals surface area contributed by atoms with Crippen molar-refractivity contribution in [1.82, 2.24) is 0 Å². The molecule has 1 unspecified atom stereocenters. The standard InChI is InChI=1S/C23H24O6S/c1-3-27-16-28-15-21-20(23(24)29-18-10-6-4-7-11-18)14-17(2)22(21)30(25,26)19-12-8-5-9-13-19/h4-13,22H,2-3,14-16H2,1H3. The molecule has 0 saturated heterocycles. The number of hydrogen-bond acceptors (Lipinski definition) is 6. The lowest BCUT2D eigenvalue weighted by molar-refractivity contribution is -0.130. The number of sulfone groups is 1. The maximum absolute atomic E-state index is 13.3. The molecule has 7 heteroatoms. The van der Waals surface area contributed by atoms with Gasteiger partial charge in [-0.15, -0.1) is 0 Å². The van der Waals surface area contributed by atoms with E-state index in [1.165, 1.54) is 12.1 Å². The van der Waals surface area contributed by atoms with Crippen LogP contribution in [0.2, 0.25) is 0 Å². The van der Waals surface area contributed by atoms with E-state index in [2.05, 4.69) is 6.58 Å². The zero-order chi connectivity index (χ0) is 21.6. The summed E-state index contributed by atoms with van der Waals surface area (Å²) in [5, 5.41) is -1.06. The molecule has 2 aromatic rings. The molecule has 158 valence electrons. The molecule has 0 aromatic heterocycles. The van der Waals surface area contributed by atoms with Gasteiger partial charge in [0.25, 0.3) is 0 Å². The number of benzene rings is 2. The fourth-order valence-electron chi connectivity index (χ4n) is 3.31. The van der Waals surface area contributed by atoms with Crippen LogP contribution < -0.4 is 4.74 Å². The zero-order valence-corrected chi connectivity index (χ0v) is 17.6. The second-order valence-corrected chi connectivity index (χ2v) is 8.77. The summed E-state index contributed by atoms with van der Waals surface area (Å²) in [6.07, 6.45) is 0.107. The molecule has 0 amide bonds. The summed E-state index contributed by atoms with van der Waals surface area (Å²) in [5.74, 6) is -0.229. The Morgan fingerprint density at radius 1 is 1.03 bits per heavy atom.